The van der Waals surface area contributed by atoms with E-state index in [0.717, 1.165) is 44.1 Å². The van der Waals surface area contributed by atoms with E-state index in [-0.39, 0.29) is 0 Å². The molecule has 0 bridgehead atoms. The van der Waals surface area contributed by atoms with E-state index in [9.17, 15) is 4.79 Å². The van der Waals surface area contributed by atoms with Crippen LogP contribution in [0, 0.1) is 12.0 Å². The van der Waals surface area contributed by atoms with Crippen molar-refractivity contribution in [3.05, 3.63) is 41.5 Å². The lowest BCUT2D eigenvalue weighted by Crippen LogP contribution is -2.16. The van der Waals surface area contributed by atoms with Gasteiger partial charge in [0.05, 0.1) is 5.56 Å². The van der Waals surface area contributed by atoms with Gasteiger partial charge in [-0.3, -0.25) is 4.89 Å². The number of hydrogen-bond donors (Lipinski definition) is 0. The Hall–Kier alpha value is -1.35. The van der Waals surface area contributed by atoms with Gasteiger partial charge in [0.15, 0.2) is 0 Å². The summed E-state index contributed by atoms with van der Waals surface area (Å²) in [6, 6.07) is 7.42. The van der Waals surface area contributed by atoms with Crippen LogP contribution in [0.3, 0.4) is 0 Å². The minimum absolute atomic E-state index is 0.422. The van der Waals surface area contributed by atoms with Crippen molar-refractivity contribution in [2.24, 2.45) is 5.92 Å². The van der Waals surface area contributed by atoms with Gasteiger partial charge in [-0.1, -0.05) is 26.0 Å². The fourth-order valence-corrected chi connectivity index (χ4v) is 2.19. The molecule has 0 heterocycles. The average molecular weight is 261 g/mol. The zero-order valence-corrected chi connectivity index (χ0v) is 11.6. The Balaban J connectivity index is 1.80. The summed E-state index contributed by atoms with van der Waals surface area (Å²) < 4.78 is 0. The summed E-state index contributed by atoms with van der Waals surface area (Å²) in [5.41, 5.74) is 1.73. The Labute approximate surface area is 114 Å². The third-order valence-electron chi connectivity index (χ3n) is 3.67. The first-order valence-electron chi connectivity index (χ1n) is 7.01. The molecule has 0 atom stereocenters. The van der Waals surface area contributed by atoms with Crippen LogP contribution in [0.5, 0.6) is 0 Å². The first-order chi connectivity index (χ1) is 9.19. The second-order valence-corrected chi connectivity index (χ2v) is 5.23. The number of aryl methyl sites for hydroxylation is 1. The highest BCUT2D eigenvalue weighted by atomic mass is 17.2. The van der Waals surface area contributed by atoms with Gasteiger partial charge in [-0.15, -0.1) is 0 Å². The van der Waals surface area contributed by atoms with E-state index in [1.54, 1.807) is 12.1 Å². The molecule has 0 spiro atoms. The van der Waals surface area contributed by atoms with Crippen LogP contribution in [0.2, 0.25) is 0 Å². The third kappa shape index (κ3) is 4.06. The highest BCUT2D eigenvalue weighted by Crippen LogP contribution is 2.30. The highest BCUT2D eigenvalue weighted by Gasteiger charge is 2.22. The van der Waals surface area contributed by atoms with Gasteiger partial charge in [0.1, 0.15) is 6.10 Å². The third-order valence-corrected chi connectivity index (χ3v) is 3.67. The van der Waals surface area contributed by atoms with E-state index < -0.39 is 5.97 Å². The zero-order valence-electron chi connectivity index (χ0n) is 11.6. The van der Waals surface area contributed by atoms with Gasteiger partial charge < -0.3 is 0 Å². The predicted molar refractivity (Wildman–Crippen MR) is 73.2 cm³/mol. The maximum absolute atomic E-state index is 11.8. The maximum Gasteiger partial charge on any atom is 0.373 e. The minimum atomic E-state index is -0.422. The Morgan fingerprint density at radius 1 is 1.21 bits per heavy atom. The molecule has 0 aromatic heterocycles. The van der Waals surface area contributed by atoms with Gasteiger partial charge in [0.2, 0.25) is 0 Å². The lowest BCUT2D eigenvalue weighted by Gasteiger charge is -2.23. The first-order valence-corrected chi connectivity index (χ1v) is 7.01. The number of benzene rings is 1. The van der Waals surface area contributed by atoms with Crippen molar-refractivity contribution in [1.82, 2.24) is 0 Å². The van der Waals surface area contributed by atoms with Crippen LogP contribution in [0.15, 0.2) is 24.3 Å². The van der Waals surface area contributed by atoms with Crippen LogP contribution in [0.4, 0.5) is 0 Å². The van der Waals surface area contributed by atoms with Crippen LogP contribution in [-0.4, -0.2) is 5.97 Å². The van der Waals surface area contributed by atoms with Crippen molar-refractivity contribution in [3.8, 4) is 0 Å². The molecule has 0 N–H and O–H groups in total. The second-order valence-electron chi connectivity index (χ2n) is 5.23. The maximum atomic E-state index is 11.8. The second kappa shape index (κ2) is 6.71. The molecule has 0 amide bonds. The highest BCUT2D eigenvalue weighted by molar-refractivity contribution is 5.88. The van der Waals surface area contributed by atoms with Crippen LogP contribution >= 0.6 is 0 Å². The molecular weight excluding hydrogens is 240 g/mol. The number of hydrogen-bond acceptors (Lipinski definition) is 3. The molecule has 0 unspecified atom stereocenters. The number of carbonyl (C=O) groups is 1. The molecule has 3 heteroatoms. The van der Waals surface area contributed by atoms with E-state index in [2.05, 4.69) is 13.8 Å². The SMILES string of the molecule is CCc1ccc(C(=O)OO[C]2CCC(C)CC2)cc1. The summed E-state index contributed by atoms with van der Waals surface area (Å²) >= 11 is 0. The van der Waals surface area contributed by atoms with Crippen LogP contribution in [0.25, 0.3) is 0 Å². The largest absolute Gasteiger partial charge is 0.373 e. The van der Waals surface area contributed by atoms with Gasteiger partial charge in [-0.2, -0.15) is 4.89 Å². The summed E-state index contributed by atoms with van der Waals surface area (Å²) in [7, 11) is 0. The minimum Gasteiger partial charge on any atom is -0.292 e. The lowest BCUT2D eigenvalue weighted by molar-refractivity contribution is -0.240. The molecule has 1 aromatic carbocycles. The quantitative estimate of drug-likeness (QED) is 0.605. The molecule has 1 fully saturated rings. The first kappa shape index (κ1) is 14.1. The summed E-state index contributed by atoms with van der Waals surface area (Å²) in [4.78, 5) is 21.9. The van der Waals surface area contributed by atoms with Gasteiger partial charge >= 0.3 is 5.97 Å². The normalized spacial score (nSPS) is 17.4. The van der Waals surface area contributed by atoms with Gasteiger partial charge in [-0.25, -0.2) is 4.79 Å². The monoisotopic (exact) mass is 261 g/mol. The molecule has 19 heavy (non-hydrogen) atoms. The summed E-state index contributed by atoms with van der Waals surface area (Å²) in [5, 5.41) is 0. The number of rotatable bonds is 4. The van der Waals surface area contributed by atoms with Gasteiger partial charge in [0.25, 0.3) is 0 Å². The molecule has 3 nitrogen and oxygen atoms in total. The zero-order chi connectivity index (χ0) is 13.7. The molecule has 2 rings (SSSR count). The molecule has 1 aliphatic rings. The smallest absolute Gasteiger partial charge is 0.292 e. The van der Waals surface area contributed by atoms with Crippen molar-refractivity contribution in [2.75, 3.05) is 0 Å². The standard InChI is InChI=1S/C16H21O3/c1-3-13-6-8-14(9-7-13)16(17)19-18-15-10-4-12(2)5-11-15/h6-9,12H,3-5,10-11H2,1-2H3. The Morgan fingerprint density at radius 3 is 2.42 bits per heavy atom. The average Bonchev–Trinajstić information content (AvgIpc) is 2.46. The molecule has 1 aromatic rings. The molecule has 0 saturated heterocycles. The summed E-state index contributed by atoms with van der Waals surface area (Å²) in [6.45, 7) is 4.31. The molecule has 1 aliphatic carbocycles. The van der Waals surface area contributed by atoms with E-state index in [0.29, 0.717) is 5.56 Å². The number of carbonyl (C=O) groups excluding carboxylic acids is 1. The van der Waals surface area contributed by atoms with Crippen molar-refractivity contribution in [1.29, 1.82) is 0 Å². The topological polar surface area (TPSA) is 35.5 Å². The van der Waals surface area contributed by atoms with Crippen LogP contribution in [0.1, 0.15) is 55.5 Å². The van der Waals surface area contributed by atoms with Crippen molar-refractivity contribution in [2.45, 2.75) is 46.0 Å². The van der Waals surface area contributed by atoms with Crippen LogP contribution < -0.4 is 0 Å². The van der Waals surface area contributed by atoms with Crippen molar-refractivity contribution >= 4 is 5.97 Å². The van der Waals surface area contributed by atoms with E-state index in [4.69, 9.17) is 9.78 Å². The fourth-order valence-electron chi connectivity index (χ4n) is 2.19. The molecule has 1 saturated carbocycles. The van der Waals surface area contributed by atoms with E-state index >= 15 is 0 Å². The molecule has 1 radical (unpaired) electrons. The van der Waals surface area contributed by atoms with E-state index in [1.807, 2.05) is 12.1 Å². The Morgan fingerprint density at radius 2 is 1.84 bits per heavy atom. The Kier molecular flexibility index (Phi) is 4.97. The summed E-state index contributed by atoms with van der Waals surface area (Å²) in [6.07, 6.45) is 5.85. The Bertz CT molecular complexity index is 403. The lowest BCUT2D eigenvalue weighted by atomic mass is 9.89. The van der Waals surface area contributed by atoms with Gasteiger partial charge in [-0.05, 0) is 55.7 Å². The fraction of sp³-hybridized carbons (Fsp3) is 0.500. The molecule has 103 valence electrons. The molecule has 0 aliphatic heterocycles. The van der Waals surface area contributed by atoms with Crippen molar-refractivity contribution in [3.63, 3.8) is 0 Å². The van der Waals surface area contributed by atoms with E-state index in [1.165, 1.54) is 5.56 Å². The van der Waals surface area contributed by atoms with Crippen molar-refractivity contribution < 1.29 is 14.6 Å². The summed E-state index contributed by atoms with van der Waals surface area (Å²) in [5.74, 6) is 0.318. The van der Waals surface area contributed by atoms with Gasteiger partial charge in [0, 0.05) is 0 Å². The predicted octanol–water partition coefficient (Wildman–Crippen LogP) is 4.08. The van der Waals surface area contributed by atoms with Crippen LogP contribution in [-0.2, 0) is 16.2 Å². The molecular formula is C16H21O3.